The molecule has 0 aliphatic heterocycles. The van der Waals surface area contributed by atoms with Gasteiger partial charge in [0, 0.05) is 25.6 Å². The van der Waals surface area contributed by atoms with E-state index in [4.69, 9.17) is 9.84 Å². The fourth-order valence-electron chi connectivity index (χ4n) is 1.34. The fraction of sp³-hybridized carbons (Fsp3) is 0.583. The van der Waals surface area contributed by atoms with Crippen molar-refractivity contribution in [2.24, 2.45) is 5.41 Å². The largest absolute Gasteiger partial charge is 0.476 e. The molecular weight excluding hydrogens is 268 g/mol. The van der Waals surface area contributed by atoms with E-state index in [0.29, 0.717) is 13.2 Å². The van der Waals surface area contributed by atoms with Crippen LogP contribution in [0.15, 0.2) is 5.38 Å². The number of carbonyl (C=O) groups is 2. The number of nitrogens with one attached hydrogen (secondary N) is 1. The van der Waals surface area contributed by atoms with Crippen LogP contribution in [0.25, 0.3) is 0 Å². The molecule has 0 saturated carbocycles. The minimum Gasteiger partial charge on any atom is -0.476 e. The number of aromatic nitrogens is 1. The van der Waals surface area contributed by atoms with Crippen molar-refractivity contribution in [1.82, 2.24) is 10.3 Å². The van der Waals surface area contributed by atoms with Crippen LogP contribution in [-0.2, 0) is 4.74 Å². The Balaban J connectivity index is 2.52. The van der Waals surface area contributed by atoms with Crippen LogP contribution >= 0.6 is 11.3 Å². The van der Waals surface area contributed by atoms with E-state index in [1.54, 1.807) is 7.11 Å². The predicted octanol–water partition coefficient (Wildman–Crippen LogP) is 1.63. The van der Waals surface area contributed by atoms with Gasteiger partial charge in [0.1, 0.15) is 0 Å². The molecular formula is C12H18N2O4S. The summed E-state index contributed by atoms with van der Waals surface area (Å²) in [5.74, 6) is -1.47. The fourth-order valence-corrected chi connectivity index (χ4v) is 2.05. The summed E-state index contributed by atoms with van der Waals surface area (Å²) in [4.78, 5) is 26.2. The SMILES string of the molecule is COCCC(C)(C)CNC(=O)c1nc(C(=O)O)cs1. The van der Waals surface area contributed by atoms with Crippen LogP contribution in [0.5, 0.6) is 0 Å². The lowest BCUT2D eigenvalue weighted by Gasteiger charge is -2.24. The normalized spacial score (nSPS) is 11.3. The first kappa shape index (κ1) is 15.6. The molecule has 0 spiro atoms. The molecule has 7 heteroatoms. The molecule has 0 aliphatic rings. The lowest BCUT2D eigenvalue weighted by molar-refractivity contribution is 0.0691. The zero-order valence-electron chi connectivity index (χ0n) is 11.2. The first-order valence-electron chi connectivity index (χ1n) is 5.82. The highest BCUT2D eigenvalue weighted by Crippen LogP contribution is 2.19. The predicted molar refractivity (Wildman–Crippen MR) is 71.7 cm³/mol. The van der Waals surface area contributed by atoms with Crippen molar-refractivity contribution in [2.45, 2.75) is 20.3 Å². The average molecular weight is 286 g/mol. The first-order valence-corrected chi connectivity index (χ1v) is 6.69. The number of carbonyl (C=O) groups excluding carboxylic acids is 1. The van der Waals surface area contributed by atoms with E-state index in [1.807, 2.05) is 13.8 Å². The summed E-state index contributed by atoms with van der Waals surface area (Å²) in [6.45, 7) is 5.16. The van der Waals surface area contributed by atoms with E-state index in [9.17, 15) is 9.59 Å². The van der Waals surface area contributed by atoms with Gasteiger partial charge in [-0.2, -0.15) is 0 Å². The second-order valence-corrected chi connectivity index (χ2v) is 5.79. The van der Waals surface area contributed by atoms with Crippen LogP contribution in [0.3, 0.4) is 0 Å². The number of amides is 1. The Bertz CT molecular complexity index is 456. The summed E-state index contributed by atoms with van der Waals surface area (Å²) >= 11 is 1.03. The average Bonchev–Trinajstić information content (AvgIpc) is 2.83. The number of rotatable bonds is 7. The van der Waals surface area contributed by atoms with Gasteiger partial charge in [0.15, 0.2) is 10.7 Å². The van der Waals surface area contributed by atoms with Gasteiger partial charge < -0.3 is 15.2 Å². The molecule has 0 aliphatic carbocycles. The van der Waals surface area contributed by atoms with Crippen LogP contribution in [0, 0.1) is 5.41 Å². The second kappa shape index (κ2) is 6.63. The molecule has 1 aromatic rings. The van der Waals surface area contributed by atoms with E-state index in [0.717, 1.165) is 17.8 Å². The Morgan fingerprint density at radius 1 is 1.53 bits per heavy atom. The van der Waals surface area contributed by atoms with Crippen molar-refractivity contribution < 1.29 is 19.4 Å². The minimum atomic E-state index is -1.13. The van der Waals surface area contributed by atoms with Gasteiger partial charge in [0.05, 0.1) is 0 Å². The van der Waals surface area contributed by atoms with Crippen molar-refractivity contribution in [2.75, 3.05) is 20.3 Å². The number of aromatic carboxylic acids is 1. The Morgan fingerprint density at radius 2 is 2.21 bits per heavy atom. The van der Waals surface area contributed by atoms with Crippen LogP contribution < -0.4 is 5.32 Å². The molecule has 1 aromatic heterocycles. The summed E-state index contributed by atoms with van der Waals surface area (Å²) < 4.78 is 5.01. The lowest BCUT2D eigenvalue weighted by Crippen LogP contribution is -2.34. The summed E-state index contributed by atoms with van der Waals surface area (Å²) in [5, 5.41) is 13.0. The van der Waals surface area contributed by atoms with E-state index < -0.39 is 5.97 Å². The lowest BCUT2D eigenvalue weighted by atomic mass is 9.90. The first-order chi connectivity index (χ1) is 8.85. The number of carboxylic acid groups (broad SMARTS) is 1. The highest BCUT2D eigenvalue weighted by atomic mass is 32.1. The monoisotopic (exact) mass is 286 g/mol. The summed E-state index contributed by atoms with van der Waals surface area (Å²) in [6.07, 6.45) is 0.821. The van der Waals surface area contributed by atoms with Gasteiger partial charge in [-0.05, 0) is 11.8 Å². The Kier molecular flexibility index (Phi) is 5.44. The summed E-state index contributed by atoms with van der Waals surface area (Å²) in [7, 11) is 1.64. The third-order valence-corrected chi connectivity index (χ3v) is 3.47. The van der Waals surface area contributed by atoms with Crippen LogP contribution in [0.2, 0.25) is 0 Å². The zero-order valence-corrected chi connectivity index (χ0v) is 12.0. The molecule has 0 fully saturated rings. The molecule has 0 unspecified atom stereocenters. The van der Waals surface area contributed by atoms with Crippen LogP contribution in [-0.4, -0.2) is 42.2 Å². The molecule has 0 radical (unpaired) electrons. The van der Waals surface area contributed by atoms with E-state index in [1.165, 1.54) is 5.38 Å². The Morgan fingerprint density at radius 3 is 2.74 bits per heavy atom. The molecule has 0 saturated heterocycles. The molecule has 0 atom stereocenters. The van der Waals surface area contributed by atoms with Crippen LogP contribution in [0.1, 0.15) is 40.6 Å². The van der Waals surface area contributed by atoms with Gasteiger partial charge in [-0.1, -0.05) is 13.8 Å². The highest BCUT2D eigenvalue weighted by molar-refractivity contribution is 7.11. The Labute approximate surface area is 115 Å². The van der Waals surface area contributed by atoms with Crippen molar-refractivity contribution in [3.63, 3.8) is 0 Å². The molecule has 6 nitrogen and oxygen atoms in total. The maximum Gasteiger partial charge on any atom is 0.355 e. The molecule has 1 heterocycles. The number of ether oxygens (including phenoxy) is 1. The maximum absolute atomic E-state index is 11.8. The van der Waals surface area contributed by atoms with Crippen molar-refractivity contribution in [3.05, 3.63) is 16.1 Å². The standard InChI is InChI=1S/C12H18N2O4S/c1-12(2,4-5-18-3)7-13-9(15)10-14-8(6-19-10)11(16)17/h6H,4-5,7H2,1-3H3,(H,13,15)(H,16,17). The summed E-state index contributed by atoms with van der Waals surface area (Å²) in [6, 6.07) is 0. The van der Waals surface area contributed by atoms with Crippen molar-refractivity contribution in [3.8, 4) is 0 Å². The molecule has 1 amide bonds. The highest BCUT2D eigenvalue weighted by Gasteiger charge is 2.20. The summed E-state index contributed by atoms with van der Waals surface area (Å²) in [5.41, 5.74) is -0.188. The molecule has 1 rings (SSSR count). The van der Waals surface area contributed by atoms with Crippen molar-refractivity contribution >= 4 is 23.2 Å². The quantitative estimate of drug-likeness (QED) is 0.795. The number of carboxylic acids is 1. The van der Waals surface area contributed by atoms with Gasteiger partial charge in [-0.15, -0.1) is 11.3 Å². The van der Waals surface area contributed by atoms with Crippen molar-refractivity contribution in [1.29, 1.82) is 0 Å². The smallest absolute Gasteiger partial charge is 0.355 e. The number of thiazole rings is 1. The van der Waals surface area contributed by atoms with Gasteiger partial charge in [-0.25, -0.2) is 9.78 Å². The van der Waals surface area contributed by atoms with Crippen LogP contribution in [0.4, 0.5) is 0 Å². The third kappa shape index (κ3) is 4.96. The van der Waals surface area contributed by atoms with E-state index >= 15 is 0 Å². The number of hydrogen-bond acceptors (Lipinski definition) is 5. The molecule has 2 N–H and O–H groups in total. The molecule has 0 bridgehead atoms. The molecule has 106 valence electrons. The minimum absolute atomic E-state index is 0.0848. The van der Waals surface area contributed by atoms with Gasteiger partial charge in [0.2, 0.25) is 0 Å². The van der Waals surface area contributed by atoms with E-state index in [2.05, 4.69) is 10.3 Å². The molecule has 0 aromatic carbocycles. The Hall–Kier alpha value is -1.47. The molecule has 19 heavy (non-hydrogen) atoms. The van der Waals surface area contributed by atoms with Gasteiger partial charge >= 0.3 is 5.97 Å². The van der Waals surface area contributed by atoms with Gasteiger partial charge in [0.25, 0.3) is 5.91 Å². The topological polar surface area (TPSA) is 88.5 Å². The maximum atomic E-state index is 11.8. The third-order valence-electron chi connectivity index (χ3n) is 2.63. The zero-order chi connectivity index (χ0) is 14.5. The van der Waals surface area contributed by atoms with E-state index in [-0.39, 0.29) is 22.0 Å². The number of nitrogens with zero attached hydrogens (tertiary/aromatic N) is 1. The number of methoxy groups -OCH3 is 1. The second-order valence-electron chi connectivity index (χ2n) is 4.93. The van der Waals surface area contributed by atoms with Gasteiger partial charge in [-0.3, -0.25) is 4.79 Å². The number of hydrogen-bond donors (Lipinski definition) is 2.